The van der Waals surface area contributed by atoms with Crippen LogP contribution in [0, 0.1) is 5.92 Å². The zero-order chi connectivity index (χ0) is 15.2. The van der Waals surface area contributed by atoms with E-state index >= 15 is 0 Å². The van der Waals surface area contributed by atoms with E-state index in [1.54, 1.807) is 7.11 Å². The van der Waals surface area contributed by atoms with Crippen LogP contribution >= 0.6 is 31.9 Å². The predicted molar refractivity (Wildman–Crippen MR) is 94.8 cm³/mol. The Hall–Kier alpha value is -0.840. The van der Waals surface area contributed by atoms with Crippen molar-refractivity contribution >= 4 is 31.9 Å². The van der Waals surface area contributed by atoms with Crippen molar-refractivity contribution in [1.29, 1.82) is 0 Å². The van der Waals surface area contributed by atoms with Gasteiger partial charge in [0.05, 0.1) is 7.11 Å². The molecular weight excluding hydrogens is 394 g/mol. The van der Waals surface area contributed by atoms with Crippen molar-refractivity contribution in [3.8, 4) is 5.75 Å². The Morgan fingerprint density at radius 3 is 2.38 bits per heavy atom. The highest BCUT2D eigenvalue weighted by Gasteiger charge is 2.12. The Morgan fingerprint density at radius 1 is 1.05 bits per heavy atom. The molecule has 0 radical (unpaired) electrons. The van der Waals surface area contributed by atoms with Crippen LogP contribution in [0.25, 0.3) is 0 Å². The number of ether oxygens (including phenoxy) is 1. The first-order chi connectivity index (χ1) is 10.1. The van der Waals surface area contributed by atoms with E-state index in [1.165, 1.54) is 11.1 Å². The topological polar surface area (TPSA) is 35.2 Å². The lowest BCUT2D eigenvalue weighted by Crippen LogP contribution is -2.19. The molecule has 0 aromatic heterocycles. The molecule has 1 atom stereocenters. The van der Waals surface area contributed by atoms with Crippen LogP contribution in [0.4, 0.5) is 0 Å². The number of hydrogen-bond acceptors (Lipinski definition) is 2. The number of nitrogens with two attached hydrogens (primary N) is 1. The van der Waals surface area contributed by atoms with Gasteiger partial charge in [-0.05, 0) is 66.8 Å². The molecule has 0 amide bonds. The summed E-state index contributed by atoms with van der Waals surface area (Å²) in [7, 11) is 1.69. The third-order valence-corrected chi connectivity index (χ3v) is 4.83. The smallest absolute Gasteiger partial charge is 0.119 e. The lowest BCUT2D eigenvalue weighted by molar-refractivity contribution is 0.413. The van der Waals surface area contributed by atoms with E-state index in [0.29, 0.717) is 12.5 Å². The fourth-order valence-corrected chi connectivity index (χ4v) is 3.01. The standard InChI is InChI=1S/C17H19Br2NO/c1-21-16-6-7-17(19)14(10-16)9-13(11-20)8-12-2-4-15(18)5-3-12/h2-7,10,13H,8-9,11,20H2,1H3. The molecular formula is C17H19Br2NO. The van der Waals surface area contributed by atoms with Crippen molar-refractivity contribution in [3.05, 3.63) is 62.5 Å². The Kier molecular flexibility index (Phi) is 6.27. The minimum atomic E-state index is 0.412. The third-order valence-electron chi connectivity index (χ3n) is 3.53. The van der Waals surface area contributed by atoms with E-state index in [2.05, 4.69) is 62.2 Å². The van der Waals surface area contributed by atoms with Gasteiger partial charge in [0, 0.05) is 8.95 Å². The van der Waals surface area contributed by atoms with Gasteiger partial charge in [0.25, 0.3) is 0 Å². The SMILES string of the molecule is COc1ccc(Br)c(CC(CN)Cc2ccc(Br)cc2)c1. The molecule has 0 spiro atoms. The molecule has 0 saturated heterocycles. The second-order valence-corrected chi connectivity index (χ2v) is 6.86. The van der Waals surface area contributed by atoms with Crippen LogP contribution in [0.1, 0.15) is 11.1 Å². The fourth-order valence-electron chi connectivity index (χ4n) is 2.34. The number of hydrogen-bond donors (Lipinski definition) is 1. The molecule has 112 valence electrons. The van der Waals surface area contributed by atoms with Gasteiger partial charge in [0.1, 0.15) is 5.75 Å². The van der Waals surface area contributed by atoms with Gasteiger partial charge in [-0.3, -0.25) is 0 Å². The van der Waals surface area contributed by atoms with Crippen LogP contribution in [0.2, 0.25) is 0 Å². The molecule has 21 heavy (non-hydrogen) atoms. The van der Waals surface area contributed by atoms with Crippen molar-refractivity contribution in [2.45, 2.75) is 12.8 Å². The van der Waals surface area contributed by atoms with Crippen molar-refractivity contribution in [3.63, 3.8) is 0 Å². The van der Waals surface area contributed by atoms with Gasteiger partial charge in [0.15, 0.2) is 0 Å². The highest BCUT2D eigenvalue weighted by molar-refractivity contribution is 9.10. The van der Waals surface area contributed by atoms with Gasteiger partial charge in [-0.15, -0.1) is 0 Å². The minimum absolute atomic E-state index is 0.412. The Morgan fingerprint density at radius 2 is 1.76 bits per heavy atom. The first kappa shape index (κ1) is 16.5. The predicted octanol–water partition coefficient (Wildman–Crippen LogP) is 4.58. The molecule has 0 bridgehead atoms. The fraction of sp³-hybridized carbons (Fsp3) is 0.294. The largest absolute Gasteiger partial charge is 0.497 e. The second kappa shape index (κ2) is 7.97. The minimum Gasteiger partial charge on any atom is -0.497 e. The molecule has 2 aromatic carbocycles. The monoisotopic (exact) mass is 411 g/mol. The molecule has 2 N–H and O–H groups in total. The van der Waals surface area contributed by atoms with Crippen molar-refractivity contribution in [1.82, 2.24) is 0 Å². The number of methoxy groups -OCH3 is 1. The molecule has 0 aliphatic heterocycles. The molecule has 2 nitrogen and oxygen atoms in total. The highest BCUT2D eigenvalue weighted by Crippen LogP contribution is 2.26. The molecule has 0 aliphatic rings. The van der Waals surface area contributed by atoms with E-state index in [0.717, 1.165) is 27.5 Å². The zero-order valence-corrected chi connectivity index (χ0v) is 15.2. The van der Waals surface area contributed by atoms with Crippen LogP contribution < -0.4 is 10.5 Å². The molecule has 1 unspecified atom stereocenters. The van der Waals surface area contributed by atoms with Gasteiger partial charge in [-0.2, -0.15) is 0 Å². The van der Waals surface area contributed by atoms with E-state index in [9.17, 15) is 0 Å². The van der Waals surface area contributed by atoms with Gasteiger partial charge >= 0.3 is 0 Å². The van der Waals surface area contributed by atoms with Crippen molar-refractivity contribution in [2.24, 2.45) is 11.7 Å². The maximum absolute atomic E-state index is 5.96. The van der Waals surface area contributed by atoms with Gasteiger partial charge in [0.2, 0.25) is 0 Å². The molecule has 0 aliphatic carbocycles. The first-order valence-electron chi connectivity index (χ1n) is 6.89. The molecule has 0 heterocycles. The summed E-state index contributed by atoms with van der Waals surface area (Å²) in [6, 6.07) is 14.5. The van der Waals surface area contributed by atoms with E-state index in [-0.39, 0.29) is 0 Å². The normalized spacial score (nSPS) is 12.2. The summed E-state index contributed by atoms with van der Waals surface area (Å²) in [5.74, 6) is 1.29. The van der Waals surface area contributed by atoms with E-state index in [4.69, 9.17) is 10.5 Å². The summed E-state index contributed by atoms with van der Waals surface area (Å²) in [5, 5.41) is 0. The van der Waals surface area contributed by atoms with Crippen LogP contribution in [-0.2, 0) is 12.8 Å². The zero-order valence-electron chi connectivity index (χ0n) is 12.0. The lowest BCUT2D eigenvalue weighted by atomic mass is 9.92. The van der Waals surface area contributed by atoms with Crippen molar-refractivity contribution in [2.75, 3.05) is 13.7 Å². The number of rotatable bonds is 6. The van der Waals surface area contributed by atoms with Gasteiger partial charge < -0.3 is 10.5 Å². The summed E-state index contributed by atoms with van der Waals surface area (Å²) in [6.45, 7) is 0.666. The average molecular weight is 413 g/mol. The van der Waals surface area contributed by atoms with Crippen molar-refractivity contribution < 1.29 is 4.74 Å². The summed E-state index contributed by atoms with van der Waals surface area (Å²) in [5.41, 5.74) is 8.51. The maximum Gasteiger partial charge on any atom is 0.119 e. The van der Waals surface area contributed by atoms with Crippen LogP contribution in [0.3, 0.4) is 0 Å². The quantitative estimate of drug-likeness (QED) is 0.753. The van der Waals surface area contributed by atoms with Crippen LogP contribution in [0.5, 0.6) is 5.75 Å². The Bertz CT molecular complexity index is 584. The first-order valence-corrected chi connectivity index (χ1v) is 8.48. The Labute approximate surface area is 143 Å². The highest BCUT2D eigenvalue weighted by atomic mass is 79.9. The van der Waals surface area contributed by atoms with Crippen LogP contribution in [0.15, 0.2) is 51.4 Å². The average Bonchev–Trinajstić information content (AvgIpc) is 2.50. The molecule has 2 rings (SSSR count). The van der Waals surface area contributed by atoms with E-state index < -0.39 is 0 Å². The summed E-state index contributed by atoms with van der Waals surface area (Å²) in [4.78, 5) is 0. The second-order valence-electron chi connectivity index (χ2n) is 5.09. The number of benzene rings is 2. The van der Waals surface area contributed by atoms with Gasteiger partial charge in [-0.1, -0.05) is 44.0 Å². The summed E-state index contributed by atoms with van der Waals surface area (Å²) < 4.78 is 7.51. The Balaban J connectivity index is 2.10. The molecule has 0 fully saturated rings. The molecule has 4 heteroatoms. The molecule has 0 saturated carbocycles. The van der Waals surface area contributed by atoms with Gasteiger partial charge in [-0.25, -0.2) is 0 Å². The summed E-state index contributed by atoms with van der Waals surface area (Å²) >= 11 is 7.07. The third kappa shape index (κ3) is 4.83. The summed E-state index contributed by atoms with van der Waals surface area (Å²) in [6.07, 6.45) is 1.91. The van der Waals surface area contributed by atoms with E-state index in [1.807, 2.05) is 12.1 Å². The lowest BCUT2D eigenvalue weighted by Gasteiger charge is -2.16. The number of halogens is 2. The van der Waals surface area contributed by atoms with Crippen LogP contribution in [-0.4, -0.2) is 13.7 Å². The maximum atomic E-state index is 5.96. The molecule has 2 aromatic rings.